The lowest BCUT2D eigenvalue weighted by atomic mass is 10.5. The molecule has 0 saturated carbocycles. The molecule has 0 radical (unpaired) electrons. The van der Waals surface area contributed by atoms with Crippen LogP contribution in [0.3, 0.4) is 0 Å². The summed E-state index contributed by atoms with van der Waals surface area (Å²) >= 11 is 0. The Morgan fingerprint density at radius 1 is 1.20 bits per heavy atom. The maximum Gasteiger partial charge on any atom is 0.236 e. The summed E-state index contributed by atoms with van der Waals surface area (Å²) in [4.78, 5) is 16.3. The second-order valence-electron chi connectivity index (χ2n) is 2.98. The van der Waals surface area contributed by atoms with E-state index in [2.05, 4.69) is 19.9 Å². The van der Waals surface area contributed by atoms with Crippen LogP contribution in [0.4, 0.5) is 23.5 Å². The molecule has 78 valence electrons. The average molecular weight is 205 g/mol. The van der Waals surface area contributed by atoms with Crippen LogP contribution in [0, 0.1) is 0 Å². The van der Waals surface area contributed by atoms with Crippen molar-refractivity contribution in [2.75, 3.05) is 23.4 Å². The van der Waals surface area contributed by atoms with Gasteiger partial charge in [0.2, 0.25) is 17.8 Å². The molecule has 0 aliphatic rings. The van der Waals surface area contributed by atoms with Crippen molar-refractivity contribution in [3.05, 3.63) is 18.5 Å². The number of nitrogens with zero attached hydrogens (tertiary/aromatic N) is 4. The van der Waals surface area contributed by atoms with E-state index >= 15 is 0 Å². The summed E-state index contributed by atoms with van der Waals surface area (Å²) in [7, 11) is 1.82. The van der Waals surface area contributed by atoms with Gasteiger partial charge >= 0.3 is 0 Å². The van der Waals surface area contributed by atoms with Crippen molar-refractivity contribution in [1.29, 1.82) is 0 Å². The minimum atomic E-state index is 0.111. The van der Waals surface area contributed by atoms with E-state index in [-0.39, 0.29) is 11.9 Å². The Hall–Kier alpha value is -2.31. The molecule has 0 fully saturated rings. The van der Waals surface area contributed by atoms with Crippen molar-refractivity contribution >= 4 is 23.5 Å². The van der Waals surface area contributed by atoms with Crippen LogP contribution in [0.15, 0.2) is 18.5 Å². The van der Waals surface area contributed by atoms with Crippen LogP contribution in [0.1, 0.15) is 0 Å². The molecule has 0 bridgehead atoms. The Morgan fingerprint density at radius 2 is 1.87 bits per heavy atom. The molecule has 2 rings (SSSR count). The van der Waals surface area contributed by atoms with Gasteiger partial charge in [-0.3, -0.25) is 0 Å². The Bertz CT molecular complexity index is 430. The summed E-state index contributed by atoms with van der Waals surface area (Å²) in [6.45, 7) is 0. The third kappa shape index (κ3) is 1.80. The predicted molar refractivity (Wildman–Crippen MR) is 57.5 cm³/mol. The Labute approximate surface area is 86.2 Å². The standard InChI is InChI=1S/C8H11N7/c1-15(5-2-3-11-4-5)8-13-6(9)12-7(10)14-8/h2-4,11H,1H3,(H4,9,10,12,13,14). The molecule has 0 aromatic carbocycles. The number of hydrogen-bond donors (Lipinski definition) is 3. The molecule has 0 atom stereocenters. The van der Waals surface area contributed by atoms with Crippen LogP contribution in [-0.2, 0) is 0 Å². The number of H-pyrrole nitrogens is 1. The van der Waals surface area contributed by atoms with E-state index < -0.39 is 0 Å². The molecule has 5 N–H and O–H groups in total. The number of nitrogens with one attached hydrogen (secondary N) is 1. The molecule has 15 heavy (non-hydrogen) atoms. The number of aromatic amines is 1. The lowest BCUT2D eigenvalue weighted by Gasteiger charge is -2.14. The first-order valence-electron chi connectivity index (χ1n) is 4.30. The number of hydrogen-bond acceptors (Lipinski definition) is 6. The van der Waals surface area contributed by atoms with Gasteiger partial charge in [0.25, 0.3) is 0 Å². The highest BCUT2D eigenvalue weighted by atomic mass is 15.3. The summed E-state index contributed by atoms with van der Waals surface area (Å²) in [5, 5.41) is 0. The Kier molecular flexibility index (Phi) is 2.13. The second kappa shape index (κ2) is 3.45. The van der Waals surface area contributed by atoms with Crippen LogP contribution >= 0.6 is 0 Å². The van der Waals surface area contributed by atoms with Gasteiger partial charge in [-0.05, 0) is 6.07 Å². The van der Waals surface area contributed by atoms with Crippen LogP contribution in [-0.4, -0.2) is 27.0 Å². The quantitative estimate of drug-likeness (QED) is 0.643. The number of nitrogens with two attached hydrogens (primary N) is 2. The molecule has 0 amide bonds. The third-order valence-electron chi connectivity index (χ3n) is 1.93. The lowest BCUT2D eigenvalue weighted by molar-refractivity contribution is 1.01. The maximum atomic E-state index is 5.47. The SMILES string of the molecule is CN(c1cc[nH]c1)c1nc(N)nc(N)n1. The largest absolute Gasteiger partial charge is 0.368 e. The first-order chi connectivity index (χ1) is 7.16. The molecule has 0 saturated heterocycles. The number of rotatable bonds is 2. The van der Waals surface area contributed by atoms with Crippen molar-refractivity contribution < 1.29 is 0 Å². The zero-order valence-electron chi connectivity index (χ0n) is 8.18. The van der Waals surface area contributed by atoms with Crippen molar-refractivity contribution in [2.45, 2.75) is 0 Å². The fourth-order valence-electron chi connectivity index (χ4n) is 1.19. The van der Waals surface area contributed by atoms with E-state index in [0.717, 1.165) is 5.69 Å². The summed E-state index contributed by atoms with van der Waals surface area (Å²) < 4.78 is 0. The maximum absolute atomic E-state index is 5.47. The van der Waals surface area contributed by atoms with Gasteiger partial charge in [0.15, 0.2) is 0 Å². The second-order valence-corrected chi connectivity index (χ2v) is 2.98. The van der Waals surface area contributed by atoms with Crippen LogP contribution in [0.25, 0.3) is 0 Å². The zero-order chi connectivity index (χ0) is 10.8. The molecule has 0 aliphatic carbocycles. The topological polar surface area (TPSA) is 110 Å². The number of nitrogen functional groups attached to an aromatic ring is 2. The van der Waals surface area contributed by atoms with E-state index in [1.165, 1.54) is 0 Å². The van der Waals surface area contributed by atoms with E-state index in [0.29, 0.717) is 5.95 Å². The minimum absolute atomic E-state index is 0.111. The van der Waals surface area contributed by atoms with E-state index in [9.17, 15) is 0 Å². The highest BCUT2D eigenvalue weighted by Gasteiger charge is 2.09. The predicted octanol–water partition coefficient (Wildman–Crippen LogP) is 0.132. The van der Waals surface area contributed by atoms with Gasteiger partial charge in [-0.25, -0.2) is 0 Å². The van der Waals surface area contributed by atoms with E-state index in [4.69, 9.17) is 11.5 Å². The Morgan fingerprint density at radius 3 is 2.40 bits per heavy atom. The molecule has 2 aromatic rings. The highest BCUT2D eigenvalue weighted by Crippen LogP contribution is 2.19. The highest BCUT2D eigenvalue weighted by molar-refractivity contribution is 5.56. The molecule has 0 aliphatic heterocycles. The number of anilines is 4. The smallest absolute Gasteiger partial charge is 0.236 e. The molecular weight excluding hydrogens is 194 g/mol. The molecule has 0 unspecified atom stereocenters. The van der Waals surface area contributed by atoms with Gasteiger partial charge in [-0.15, -0.1) is 0 Å². The van der Waals surface area contributed by atoms with E-state index in [1.54, 1.807) is 11.1 Å². The van der Waals surface area contributed by atoms with E-state index in [1.807, 2.05) is 19.3 Å². The molecule has 2 aromatic heterocycles. The lowest BCUT2D eigenvalue weighted by Crippen LogP contribution is -2.15. The molecule has 0 spiro atoms. The molecule has 2 heterocycles. The van der Waals surface area contributed by atoms with Gasteiger partial charge < -0.3 is 21.4 Å². The van der Waals surface area contributed by atoms with Gasteiger partial charge in [0.1, 0.15) is 0 Å². The molecule has 7 heteroatoms. The summed E-state index contributed by atoms with van der Waals surface area (Å²) in [5.74, 6) is 0.638. The van der Waals surface area contributed by atoms with Crippen molar-refractivity contribution in [2.24, 2.45) is 0 Å². The van der Waals surface area contributed by atoms with Gasteiger partial charge in [0, 0.05) is 19.4 Å². The first kappa shape index (κ1) is 9.25. The van der Waals surface area contributed by atoms with Crippen molar-refractivity contribution in [3.63, 3.8) is 0 Å². The number of aromatic nitrogens is 4. The molecular formula is C8H11N7. The average Bonchev–Trinajstić information content (AvgIpc) is 2.67. The minimum Gasteiger partial charge on any atom is -0.368 e. The van der Waals surface area contributed by atoms with Gasteiger partial charge in [-0.2, -0.15) is 15.0 Å². The van der Waals surface area contributed by atoms with Crippen LogP contribution in [0.2, 0.25) is 0 Å². The molecule has 7 nitrogen and oxygen atoms in total. The normalized spacial score (nSPS) is 10.2. The summed E-state index contributed by atoms with van der Waals surface area (Å²) in [5.41, 5.74) is 11.9. The summed E-state index contributed by atoms with van der Waals surface area (Å²) in [6, 6.07) is 1.89. The third-order valence-corrected chi connectivity index (χ3v) is 1.93. The fourth-order valence-corrected chi connectivity index (χ4v) is 1.19. The van der Waals surface area contributed by atoms with Crippen molar-refractivity contribution in [3.8, 4) is 0 Å². The monoisotopic (exact) mass is 205 g/mol. The van der Waals surface area contributed by atoms with Crippen LogP contribution < -0.4 is 16.4 Å². The van der Waals surface area contributed by atoms with Crippen molar-refractivity contribution in [1.82, 2.24) is 19.9 Å². The summed E-state index contributed by atoms with van der Waals surface area (Å²) in [6.07, 6.45) is 3.62. The fraction of sp³-hybridized carbons (Fsp3) is 0.125. The van der Waals surface area contributed by atoms with Gasteiger partial charge in [-0.1, -0.05) is 0 Å². The van der Waals surface area contributed by atoms with Gasteiger partial charge in [0.05, 0.1) is 5.69 Å². The Balaban J connectivity index is 2.37. The zero-order valence-corrected chi connectivity index (χ0v) is 8.18. The van der Waals surface area contributed by atoms with Crippen LogP contribution in [0.5, 0.6) is 0 Å². The first-order valence-corrected chi connectivity index (χ1v) is 4.30.